The maximum atomic E-state index is 12.8. The van der Waals surface area contributed by atoms with Crippen LogP contribution in [0.5, 0.6) is 0 Å². The average molecular weight is 347 g/mol. The van der Waals surface area contributed by atoms with E-state index in [0.29, 0.717) is 45.6 Å². The van der Waals surface area contributed by atoms with Crippen LogP contribution in [0.4, 0.5) is 0 Å². The number of amides is 3. The fraction of sp³-hybridized carbons (Fsp3) is 0.737. The molecule has 0 radical (unpaired) electrons. The summed E-state index contributed by atoms with van der Waals surface area (Å²) < 4.78 is 0. The van der Waals surface area contributed by atoms with Gasteiger partial charge >= 0.3 is 0 Å². The van der Waals surface area contributed by atoms with Crippen molar-refractivity contribution in [1.29, 1.82) is 0 Å². The van der Waals surface area contributed by atoms with E-state index in [4.69, 9.17) is 0 Å². The number of hydrogen-bond donors (Lipinski definition) is 1. The van der Waals surface area contributed by atoms with Gasteiger partial charge in [0.05, 0.1) is 0 Å². The molecule has 0 aromatic carbocycles. The lowest BCUT2D eigenvalue weighted by Crippen LogP contribution is -2.54. The molecular formula is C19H29N3O3. The third-order valence-corrected chi connectivity index (χ3v) is 5.72. The molecule has 6 heteroatoms. The zero-order valence-corrected chi connectivity index (χ0v) is 15.2. The van der Waals surface area contributed by atoms with Gasteiger partial charge in [0, 0.05) is 39.6 Å². The summed E-state index contributed by atoms with van der Waals surface area (Å²) in [7, 11) is 0. The monoisotopic (exact) mass is 347 g/mol. The number of allylic oxidation sites excluding steroid dienone is 1. The second-order valence-corrected chi connectivity index (χ2v) is 7.49. The maximum absolute atomic E-state index is 12.8. The van der Waals surface area contributed by atoms with Crippen molar-refractivity contribution in [2.24, 2.45) is 5.41 Å². The lowest BCUT2D eigenvalue weighted by atomic mass is 9.97. The number of carbonyl (C=O) groups excluding carboxylic acids is 3. The number of piperazine rings is 1. The fourth-order valence-electron chi connectivity index (χ4n) is 3.83. The average Bonchev–Trinajstić information content (AvgIpc) is 3.44. The number of carbonyl (C=O) groups is 3. The van der Waals surface area contributed by atoms with Gasteiger partial charge in [-0.15, -0.1) is 0 Å². The second kappa shape index (κ2) is 7.58. The number of nitrogens with zero attached hydrogens (tertiary/aromatic N) is 2. The van der Waals surface area contributed by atoms with E-state index in [1.165, 1.54) is 18.4 Å². The second-order valence-electron chi connectivity index (χ2n) is 7.49. The summed E-state index contributed by atoms with van der Waals surface area (Å²) in [6, 6.07) is 0. The minimum atomic E-state index is -0.834. The molecular weight excluding hydrogens is 318 g/mol. The Morgan fingerprint density at radius 1 is 1.08 bits per heavy atom. The van der Waals surface area contributed by atoms with Crippen LogP contribution in [0.2, 0.25) is 0 Å². The lowest BCUT2D eigenvalue weighted by Gasteiger charge is -2.35. The Kier molecular flexibility index (Phi) is 5.45. The van der Waals surface area contributed by atoms with Crippen molar-refractivity contribution in [2.75, 3.05) is 32.7 Å². The third-order valence-electron chi connectivity index (χ3n) is 5.72. The smallest absolute Gasteiger partial charge is 0.238 e. The minimum absolute atomic E-state index is 0.0444. The summed E-state index contributed by atoms with van der Waals surface area (Å²) in [5.74, 6) is -0.115. The van der Waals surface area contributed by atoms with Crippen molar-refractivity contribution >= 4 is 17.7 Å². The predicted molar refractivity (Wildman–Crippen MR) is 94.7 cm³/mol. The molecule has 0 unspecified atom stereocenters. The number of hydrogen-bond acceptors (Lipinski definition) is 3. The van der Waals surface area contributed by atoms with Crippen molar-refractivity contribution in [2.45, 2.75) is 51.9 Å². The molecule has 0 aromatic heterocycles. The van der Waals surface area contributed by atoms with Crippen molar-refractivity contribution < 1.29 is 14.4 Å². The molecule has 1 saturated heterocycles. The van der Waals surface area contributed by atoms with Crippen LogP contribution < -0.4 is 5.32 Å². The van der Waals surface area contributed by atoms with Crippen LogP contribution in [0, 0.1) is 5.41 Å². The molecule has 2 fully saturated rings. The summed E-state index contributed by atoms with van der Waals surface area (Å²) in [6.45, 7) is 4.35. The van der Waals surface area contributed by atoms with Crippen LogP contribution in [0.25, 0.3) is 0 Å². The van der Waals surface area contributed by atoms with Gasteiger partial charge in [0.25, 0.3) is 0 Å². The van der Waals surface area contributed by atoms with E-state index >= 15 is 0 Å². The molecule has 3 aliphatic rings. The van der Waals surface area contributed by atoms with Gasteiger partial charge in [-0.05, 0) is 44.9 Å². The van der Waals surface area contributed by atoms with Crippen molar-refractivity contribution in [3.63, 3.8) is 0 Å². The third kappa shape index (κ3) is 4.05. The summed E-state index contributed by atoms with van der Waals surface area (Å²) in [5, 5.41) is 2.99. The summed E-state index contributed by atoms with van der Waals surface area (Å²) in [4.78, 5) is 40.3. The van der Waals surface area contributed by atoms with Gasteiger partial charge in [-0.3, -0.25) is 14.4 Å². The van der Waals surface area contributed by atoms with E-state index in [2.05, 4.69) is 11.4 Å². The van der Waals surface area contributed by atoms with E-state index in [1.54, 1.807) is 16.7 Å². The van der Waals surface area contributed by atoms with Crippen LogP contribution >= 0.6 is 0 Å². The molecule has 0 spiro atoms. The standard InChI is InChI=1S/C19H29N3O3/c1-15(23)21-11-13-22(14-12-21)18(25)19(8-9-19)17(24)20-10-7-16-5-3-2-4-6-16/h5H,2-4,6-14H2,1H3,(H,20,24). The van der Waals surface area contributed by atoms with Gasteiger partial charge in [-0.2, -0.15) is 0 Å². The van der Waals surface area contributed by atoms with Crippen molar-refractivity contribution in [1.82, 2.24) is 15.1 Å². The van der Waals surface area contributed by atoms with E-state index in [-0.39, 0.29) is 17.7 Å². The minimum Gasteiger partial charge on any atom is -0.355 e. The van der Waals surface area contributed by atoms with Crippen molar-refractivity contribution in [3.8, 4) is 0 Å². The molecule has 3 rings (SSSR count). The first kappa shape index (κ1) is 18.0. The molecule has 6 nitrogen and oxygen atoms in total. The van der Waals surface area contributed by atoms with Gasteiger partial charge < -0.3 is 15.1 Å². The van der Waals surface area contributed by atoms with E-state index in [0.717, 1.165) is 19.3 Å². The molecule has 1 heterocycles. The highest BCUT2D eigenvalue weighted by molar-refractivity contribution is 6.07. The van der Waals surface area contributed by atoms with Crippen LogP contribution in [-0.4, -0.2) is 60.2 Å². The molecule has 25 heavy (non-hydrogen) atoms. The van der Waals surface area contributed by atoms with Gasteiger partial charge in [-0.25, -0.2) is 0 Å². The Bertz CT molecular complexity index is 572. The normalized spacial score (nSPS) is 22.2. The highest BCUT2D eigenvalue weighted by atomic mass is 16.2. The first-order valence-electron chi connectivity index (χ1n) is 9.54. The highest BCUT2D eigenvalue weighted by Crippen LogP contribution is 2.47. The largest absolute Gasteiger partial charge is 0.355 e. The fourth-order valence-corrected chi connectivity index (χ4v) is 3.83. The SMILES string of the molecule is CC(=O)N1CCN(C(=O)C2(C(=O)NCCC3=CCCCC3)CC2)CC1. The Labute approximate surface area is 149 Å². The molecule has 2 aliphatic carbocycles. The number of nitrogens with one attached hydrogen (secondary N) is 1. The van der Waals surface area contributed by atoms with Gasteiger partial charge in [0.2, 0.25) is 17.7 Å². The molecule has 1 aliphatic heterocycles. The lowest BCUT2D eigenvalue weighted by molar-refractivity contribution is -0.147. The molecule has 3 amide bonds. The quantitative estimate of drug-likeness (QED) is 0.605. The van der Waals surface area contributed by atoms with E-state index in [9.17, 15) is 14.4 Å². The first-order chi connectivity index (χ1) is 12.0. The zero-order chi connectivity index (χ0) is 17.9. The molecule has 0 atom stereocenters. The zero-order valence-electron chi connectivity index (χ0n) is 15.2. The predicted octanol–water partition coefficient (Wildman–Crippen LogP) is 1.46. The van der Waals surface area contributed by atoms with Crippen LogP contribution in [0.1, 0.15) is 51.9 Å². The molecule has 138 valence electrons. The van der Waals surface area contributed by atoms with Crippen LogP contribution in [0.3, 0.4) is 0 Å². The Morgan fingerprint density at radius 2 is 1.76 bits per heavy atom. The Morgan fingerprint density at radius 3 is 2.32 bits per heavy atom. The summed E-state index contributed by atoms with van der Waals surface area (Å²) >= 11 is 0. The summed E-state index contributed by atoms with van der Waals surface area (Å²) in [5.41, 5.74) is 0.599. The Balaban J connectivity index is 1.47. The Hall–Kier alpha value is -1.85. The van der Waals surface area contributed by atoms with Crippen LogP contribution in [-0.2, 0) is 14.4 Å². The van der Waals surface area contributed by atoms with E-state index < -0.39 is 5.41 Å². The van der Waals surface area contributed by atoms with Gasteiger partial charge in [0.1, 0.15) is 5.41 Å². The molecule has 0 bridgehead atoms. The van der Waals surface area contributed by atoms with Gasteiger partial charge in [0.15, 0.2) is 0 Å². The molecule has 1 saturated carbocycles. The van der Waals surface area contributed by atoms with Gasteiger partial charge in [-0.1, -0.05) is 11.6 Å². The van der Waals surface area contributed by atoms with Crippen LogP contribution in [0.15, 0.2) is 11.6 Å². The first-order valence-corrected chi connectivity index (χ1v) is 9.54. The molecule has 1 N–H and O–H groups in total. The molecule has 0 aromatic rings. The maximum Gasteiger partial charge on any atom is 0.238 e. The highest BCUT2D eigenvalue weighted by Gasteiger charge is 2.58. The van der Waals surface area contributed by atoms with Crippen molar-refractivity contribution in [3.05, 3.63) is 11.6 Å². The number of rotatable bonds is 5. The van der Waals surface area contributed by atoms with E-state index in [1.807, 2.05) is 0 Å². The topological polar surface area (TPSA) is 69.7 Å². The summed E-state index contributed by atoms with van der Waals surface area (Å²) in [6.07, 6.45) is 9.28.